The first kappa shape index (κ1) is 14.8. The largest absolute Gasteiger partial charge is 0.364 e. The van der Waals surface area contributed by atoms with Crippen LogP contribution in [0.1, 0.15) is 30.9 Å². The van der Waals surface area contributed by atoms with Crippen LogP contribution in [0.3, 0.4) is 0 Å². The van der Waals surface area contributed by atoms with Crippen LogP contribution >= 0.6 is 11.8 Å². The van der Waals surface area contributed by atoms with Gasteiger partial charge < -0.3 is 15.8 Å². The number of benzene rings is 1. The predicted octanol–water partition coefficient (Wildman–Crippen LogP) is 1.99. The van der Waals surface area contributed by atoms with Gasteiger partial charge in [0.25, 0.3) is 0 Å². The molecule has 3 N–H and O–H groups in total. The van der Waals surface area contributed by atoms with Crippen LogP contribution in [-0.4, -0.2) is 30.4 Å². The van der Waals surface area contributed by atoms with Gasteiger partial charge in [0, 0.05) is 17.2 Å². The van der Waals surface area contributed by atoms with Crippen molar-refractivity contribution in [2.24, 2.45) is 5.73 Å². The van der Waals surface area contributed by atoms with Gasteiger partial charge in [0.2, 0.25) is 5.91 Å². The number of nitrogens with one attached hydrogen (secondary N) is 1. The van der Waals surface area contributed by atoms with Gasteiger partial charge in [0.05, 0.1) is 12.1 Å². The van der Waals surface area contributed by atoms with Crippen LogP contribution in [0.4, 0.5) is 4.39 Å². The molecular formula is C15H19FN2O2S. The summed E-state index contributed by atoms with van der Waals surface area (Å²) in [4.78, 5) is 12.9. The van der Waals surface area contributed by atoms with Crippen LogP contribution in [-0.2, 0) is 9.53 Å². The summed E-state index contributed by atoms with van der Waals surface area (Å²) in [5, 5.41) is 3.00. The predicted molar refractivity (Wildman–Crippen MR) is 79.6 cm³/mol. The number of rotatable bonds is 3. The molecule has 0 bridgehead atoms. The van der Waals surface area contributed by atoms with Crippen molar-refractivity contribution < 1.29 is 13.9 Å². The minimum Gasteiger partial charge on any atom is -0.364 e. The van der Waals surface area contributed by atoms with Crippen molar-refractivity contribution in [2.45, 2.75) is 42.4 Å². The van der Waals surface area contributed by atoms with Crippen LogP contribution in [0, 0.1) is 5.82 Å². The van der Waals surface area contributed by atoms with Gasteiger partial charge in [-0.15, -0.1) is 11.8 Å². The van der Waals surface area contributed by atoms with Gasteiger partial charge >= 0.3 is 0 Å². The van der Waals surface area contributed by atoms with Crippen molar-refractivity contribution >= 4 is 17.7 Å². The molecule has 0 aromatic heterocycles. The van der Waals surface area contributed by atoms with Crippen molar-refractivity contribution in [3.63, 3.8) is 0 Å². The zero-order chi connectivity index (χ0) is 14.8. The maximum absolute atomic E-state index is 13.8. The molecule has 2 heterocycles. The fourth-order valence-corrected chi connectivity index (χ4v) is 4.01. The zero-order valence-corrected chi connectivity index (χ0v) is 12.5. The molecule has 114 valence electrons. The van der Waals surface area contributed by atoms with Crippen molar-refractivity contribution in [3.8, 4) is 0 Å². The topological polar surface area (TPSA) is 64.4 Å². The fourth-order valence-electron chi connectivity index (χ4n) is 2.87. The molecule has 1 unspecified atom stereocenters. The lowest BCUT2D eigenvalue weighted by molar-refractivity contribution is -0.132. The van der Waals surface area contributed by atoms with Crippen molar-refractivity contribution in [1.29, 1.82) is 0 Å². The number of thioether (sulfide) groups is 1. The highest BCUT2D eigenvalue weighted by atomic mass is 32.2. The standard InChI is InChI=1S/C15H19FN2O2S/c16-11-3-1-2-10-12(6-7-21-14(10)11)18-15(19)13-5-4-9(8-17)20-13/h1-3,9,12-13H,4-8,17H2,(H,18,19)/t9-,12?,13+/m1/s1. The van der Waals surface area contributed by atoms with Gasteiger partial charge in [-0.05, 0) is 30.9 Å². The van der Waals surface area contributed by atoms with E-state index in [2.05, 4.69) is 5.32 Å². The first-order chi connectivity index (χ1) is 10.2. The summed E-state index contributed by atoms with van der Waals surface area (Å²) in [6.45, 7) is 0.442. The molecule has 1 saturated heterocycles. The first-order valence-electron chi connectivity index (χ1n) is 7.26. The van der Waals surface area contributed by atoms with E-state index in [1.54, 1.807) is 6.07 Å². The number of fused-ring (bicyclic) bond motifs is 1. The second kappa shape index (κ2) is 6.34. The minimum atomic E-state index is -0.426. The number of hydrogen-bond acceptors (Lipinski definition) is 4. The van der Waals surface area contributed by atoms with E-state index in [-0.39, 0.29) is 23.9 Å². The Morgan fingerprint density at radius 3 is 3.05 bits per heavy atom. The zero-order valence-electron chi connectivity index (χ0n) is 11.7. The highest BCUT2D eigenvalue weighted by Crippen LogP contribution is 2.37. The molecule has 0 spiro atoms. The summed E-state index contributed by atoms with van der Waals surface area (Å²) in [5.41, 5.74) is 6.43. The Morgan fingerprint density at radius 1 is 1.43 bits per heavy atom. The summed E-state index contributed by atoms with van der Waals surface area (Å²) in [6, 6.07) is 4.90. The Labute approximate surface area is 127 Å². The van der Waals surface area contributed by atoms with Crippen molar-refractivity contribution in [2.75, 3.05) is 12.3 Å². The number of ether oxygens (including phenoxy) is 1. The second-order valence-corrected chi connectivity index (χ2v) is 6.52. The van der Waals surface area contributed by atoms with Gasteiger partial charge in [-0.1, -0.05) is 12.1 Å². The van der Waals surface area contributed by atoms with E-state index >= 15 is 0 Å². The van der Waals surface area contributed by atoms with Crippen LogP contribution in [0.25, 0.3) is 0 Å². The van der Waals surface area contributed by atoms with Gasteiger partial charge in [-0.3, -0.25) is 4.79 Å². The summed E-state index contributed by atoms with van der Waals surface area (Å²) in [7, 11) is 0. The van der Waals surface area contributed by atoms with E-state index in [4.69, 9.17) is 10.5 Å². The van der Waals surface area contributed by atoms with Gasteiger partial charge in [-0.25, -0.2) is 4.39 Å². The lowest BCUT2D eigenvalue weighted by Crippen LogP contribution is -2.38. The Kier molecular flexibility index (Phi) is 4.47. The first-order valence-corrected chi connectivity index (χ1v) is 8.24. The van der Waals surface area contributed by atoms with Crippen LogP contribution < -0.4 is 11.1 Å². The SMILES string of the molecule is NC[C@H]1CC[C@@H](C(=O)NC2CCSc3c(F)cccc32)O1. The molecule has 21 heavy (non-hydrogen) atoms. The van der Waals surface area contributed by atoms with E-state index in [9.17, 15) is 9.18 Å². The molecule has 1 amide bonds. The number of carbonyl (C=O) groups is 1. The third kappa shape index (κ3) is 3.07. The lowest BCUT2D eigenvalue weighted by atomic mass is 10.0. The van der Waals surface area contributed by atoms with E-state index in [1.807, 2.05) is 6.07 Å². The average molecular weight is 310 g/mol. The number of hydrogen-bond donors (Lipinski definition) is 2. The average Bonchev–Trinajstić information content (AvgIpc) is 2.97. The number of amides is 1. The Morgan fingerprint density at radius 2 is 2.29 bits per heavy atom. The lowest BCUT2D eigenvalue weighted by Gasteiger charge is -2.27. The Balaban J connectivity index is 1.69. The summed E-state index contributed by atoms with van der Waals surface area (Å²) in [6.07, 6.45) is 1.88. The molecule has 0 saturated carbocycles. The van der Waals surface area contributed by atoms with E-state index in [1.165, 1.54) is 17.8 Å². The molecule has 6 heteroatoms. The summed E-state index contributed by atoms with van der Waals surface area (Å²) < 4.78 is 19.4. The molecule has 1 fully saturated rings. The Hall–Kier alpha value is -1.11. The monoisotopic (exact) mass is 310 g/mol. The Bertz CT molecular complexity index is 540. The molecule has 2 aliphatic rings. The van der Waals surface area contributed by atoms with Crippen LogP contribution in [0.2, 0.25) is 0 Å². The van der Waals surface area contributed by atoms with Crippen molar-refractivity contribution in [1.82, 2.24) is 5.32 Å². The number of nitrogens with two attached hydrogens (primary N) is 1. The quantitative estimate of drug-likeness (QED) is 0.896. The van der Waals surface area contributed by atoms with E-state index < -0.39 is 6.10 Å². The summed E-state index contributed by atoms with van der Waals surface area (Å²) in [5.74, 6) is 0.477. The smallest absolute Gasteiger partial charge is 0.249 e. The molecule has 1 aromatic rings. The molecular weight excluding hydrogens is 291 g/mol. The molecule has 0 aliphatic carbocycles. The number of carbonyl (C=O) groups excluding carboxylic acids is 1. The van der Waals surface area contributed by atoms with Gasteiger partial charge in [0.1, 0.15) is 11.9 Å². The third-order valence-electron chi connectivity index (χ3n) is 4.01. The number of halogens is 1. The highest BCUT2D eigenvalue weighted by molar-refractivity contribution is 7.99. The third-order valence-corrected chi connectivity index (χ3v) is 5.16. The summed E-state index contributed by atoms with van der Waals surface area (Å²) >= 11 is 1.51. The maximum Gasteiger partial charge on any atom is 0.249 e. The van der Waals surface area contributed by atoms with Crippen LogP contribution in [0.5, 0.6) is 0 Å². The fraction of sp³-hybridized carbons (Fsp3) is 0.533. The maximum atomic E-state index is 13.8. The molecule has 1 aromatic carbocycles. The van der Waals surface area contributed by atoms with Crippen molar-refractivity contribution in [3.05, 3.63) is 29.6 Å². The molecule has 3 atom stereocenters. The van der Waals surface area contributed by atoms with Gasteiger partial charge in [0.15, 0.2) is 0 Å². The molecule has 2 aliphatic heterocycles. The molecule has 3 rings (SSSR count). The minimum absolute atomic E-state index is 0.0209. The molecule has 0 radical (unpaired) electrons. The van der Waals surface area contributed by atoms with E-state index in [0.29, 0.717) is 17.9 Å². The highest BCUT2D eigenvalue weighted by Gasteiger charge is 2.32. The van der Waals surface area contributed by atoms with Gasteiger partial charge in [-0.2, -0.15) is 0 Å². The molecule has 4 nitrogen and oxygen atoms in total. The normalized spacial score (nSPS) is 28.2. The van der Waals surface area contributed by atoms with Crippen LogP contribution in [0.15, 0.2) is 23.1 Å². The van der Waals surface area contributed by atoms with E-state index in [0.717, 1.165) is 24.2 Å². The second-order valence-electron chi connectivity index (χ2n) is 5.42.